The first-order chi connectivity index (χ1) is 15.9. The number of hydrogen-bond donors (Lipinski definition) is 8. The molecule has 0 saturated heterocycles. The second-order valence-electron chi connectivity index (χ2n) is 8.46. The zero-order valence-corrected chi connectivity index (χ0v) is 19.9. The number of carbonyl (C=O) groups is 5. The fourth-order valence-electron chi connectivity index (χ4n) is 3.10. The summed E-state index contributed by atoms with van der Waals surface area (Å²) in [7, 11) is 0. The Kier molecular flexibility index (Phi) is 15.4. The average Bonchev–Trinajstić information content (AvgIpc) is 2.75. The van der Waals surface area contributed by atoms with Gasteiger partial charge in [0.2, 0.25) is 17.7 Å². The van der Waals surface area contributed by atoms with Crippen molar-refractivity contribution in [2.75, 3.05) is 13.1 Å². The third-order valence-corrected chi connectivity index (χ3v) is 5.13. The molecule has 13 heteroatoms. The fourth-order valence-corrected chi connectivity index (χ4v) is 3.10. The summed E-state index contributed by atoms with van der Waals surface area (Å²) in [5.74, 6) is -5.44. The van der Waals surface area contributed by atoms with Crippen LogP contribution in [-0.4, -0.2) is 77.1 Å². The van der Waals surface area contributed by atoms with E-state index in [4.69, 9.17) is 17.2 Å². The number of hydrogen-bond acceptors (Lipinski definition) is 8. The topological polar surface area (TPSA) is 240 Å². The number of carboxylic acid groups (broad SMARTS) is 2. The first-order valence-electron chi connectivity index (χ1n) is 11.5. The van der Waals surface area contributed by atoms with E-state index in [1.807, 2.05) is 0 Å². The minimum atomic E-state index is -1.54. The van der Waals surface area contributed by atoms with Crippen LogP contribution in [0.15, 0.2) is 0 Å². The molecule has 196 valence electrons. The first-order valence-corrected chi connectivity index (χ1v) is 11.5. The van der Waals surface area contributed by atoms with Crippen molar-refractivity contribution in [3.63, 3.8) is 0 Å². The fraction of sp³-hybridized carbons (Fsp3) is 0.762. The van der Waals surface area contributed by atoms with Gasteiger partial charge in [0.05, 0.1) is 12.5 Å². The molecule has 34 heavy (non-hydrogen) atoms. The molecule has 11 N–H and O–H groups in total. The molecule has 0 aromatic heterocycles. The van der Waals surface area contributed by atoms with Crippen LogP contribution < -0.4 is 33.2 Å². The third-order valence-electron chi connectivity index (χ3n) is 5.13. The molecular weight excluding hydrogens is 448 g/mol. The smallest absolute Gasteiger partial charge is 0.326 e. The maximum absolute atomic E-state index is 12.9. The molecule has 13 nitrogen and oxygen atoms in total. The Labute approximate surface area is 199 Å². The number of nitrogens with one attached hydrogen (secondary N) is 3. The molecule has 0 heterocycles. The molecule has 0 radical (unpaired) electrons. The Bertz CT molecular complexity index is 689. The number of nitrogens with two attached hydrogens (primary N) is 3. The predicted molar refractivity (Wildman–Crippen MR) is 124 cm³/mol. The maximum Gasteiger partial charge on any atom is 0.326 e. The Balaban J connectivity index is 5.44. The van der Waals surface area contributed by atoms with E-state index in [0.29, 0.717) is 45.2 Å². The second kappa shape index (κ2) is 16.8. The number of unbranched alkanes of at least 4 members (excludes halogenated alkanes) is 2. The largest absolute Gasteiger partial charge is 0.481 e. The molecule has 3 amide bonds. The van der Waals surface area contributed by atoms with E-state index in [1.54, 1.807) is 13.8 Å². The number of carboxylic acids is 2. The van der Waals surface area contributed by atoms with Crippen LogP contribution in [0.5, 0.6) is 0 Å². The third kappa shape index (κ3) is 12.5. The van der Waals surface area contributed by atoms with Crippen molar-refractivity contribution < 1.29 is 34.2 Å². The van der Waals surface area contributed by atoms with E-state index in [2.05, 4.69) is 16.0 Å². The van der Waals surface area contributed by atoms with Crippen LogP contribution in [0.3, 0.4) is 0 Å². The summed E-state index contributed by atoms with van der Waals surface area (Å²) >= 11 is 0. The van der Waals surface area contributed by atoms with Gasteiger partial charge in [-0.2, -0.15) is 0 Å². The molecule has 0 rings (SSSR count). The van der Waals surface area contributed by atoms with Crippen molar-refractivity contribution in [1.82, 2.24) is 16.0 Å². The van der Waals surface area contributed by atoms with Crippen LogP contribution in [0.4, 0.5) is 0 Å². The molecule has 0 aromatic carbocycles. The minimum absolute atomic E-state index is 0.190. The highest BCUT2D eigenvalue weighted by atomic mass is 16.4. The van der Waals surface area contributed by atoms with E-state index in [1.165, 1.54) is 0 Å². The normalized spacial score (nSPS) is 14.5. The highest BCUT2D eigenvalue weighted by Gasteiger charge is 2.32. The number of aliphatic carboxylic acids is 2. The van der Waals surface area contributed by atoms with Crippen molar-refractivity contribution in [3.8, 4) is 0 Å². The van der Waals surface area contributed by atoms with Crippen molar-refractivity contribution in [2.45, 2.75) is 83.0 Å². The van der Waals surface area contributed by atoms with E-state index in [0.717, 1.165) is 0 Å². The molecule has 0 aliphatic carbocycles. The van der Waals surface area contributed by atoms with Gasteiger partial charge in [-0.3, -0.25) is 19.2 Å². The van der Waals surface area contributed by atoms with Gasteiger partial charge >= 0.3 is 11.9 Å². The molecule has 4 unspecified atom stereocenters. The molecular formula is C21H40N6O7. The predicted octanol–water partition coefficient (Wildman–Crippen LogP) is -1.76. The number of rotatable bonds is 18. The van der Waals surface area contributed by atoms with Crippen molar-refractivity contribution in [3.05, 3.63) is 0 Å². The summed E-state index contributed by atoms with van der Waals surface area (Å²) in [6.45, 7) is 3.98. The quantitative estimate of drug-likeness (QED) is 0.101. The van der Waals surface area contributed by atoms with Crippen LogP contribution in [0.2, 0.25) is 0 Å². The average molecular weight is 489 g/mol. The van der Waals surface area contributed by atoms with Gasteiger partial charge in [-0.1, -0.05) is 20.3 Å². The van der Waals surface area contributed by atoms with Crippen LogP contribution in [0.25, 0.3) is 0 Å². The first kappa shape index (κ1) is 31.2. The van der Waals surface area contributed by atoms with Gasteiger partial charge in [-0.15, -0.1) is 0 Å². The Hall–Kier alpha value is -2.77. The summed E-state index contributed by atoms with van der Waals surface area (Å²) in [5, 5.41) is 25.6. The van der Waals surface area contributed by atoms with Gasteiger partial charge in [0, 0.05) is 0 Å². The molecule has 0 saturated carbocycles. The molecule has 4 atom stereocenters. The van der Waals surface area contributed by atoms with Crippen molar-refractivity contribution in [1.29, 1.82) is 0 Å². The van der Waals surface area contributed by atoms with Gasteiger partial charge in [-0.05, 0) is 51.1 Å². The molecule has 0 aliphatic heterocycles. The minimum Gasteiger partial charge on any atom is -0.481 e. The lowest BCUT2D eigenvalue weighted by Crippen LogP contribution is -2.58. The zero-order valence-electron chi connectivity index (χ0n) is 19.9. The second-order valence-corrected chi connectivity index (χ2v) is 8.46. The van der Waals surface area contributed by atoms with Gasteiger partial charge in [0.1, 0.15) is 18.1 Å². The Morgan fingerprint density at radius 1 is 0.735 bits per heavy atom. The molecule has 0 fully saturated rings. The number of carbonyl (C=O) groups excluding carboxylic acids is 3. The highest BCUT2D eigenvalue weighted by Crippen LogP contribution is 2.07. The Morgan fingerprint density at radius 2 is 1.24 bits per heavy atom. The van der Waals surface area contributed by atoms with Crippen LogP contribution in [0.1, 0.15) is 58.8 Å². The summed E-state index contributed by atoms with van der Waals surface area (Å²) in [6, 6.07) is -4.76. The van der Waals surface area contributed by atoms with Crippen LogP contribution >= 0.6 is 0 Å². The van der Waals surface area contributed by atoms with E-state index >= 15 is 0 Å². The van der Waals surface area contributed by atoms with Crippen molar-refractivity contribution >= 4 is 29.7 Å². The van der Waals surface area contributed by atoms with E-state index in [9.17, 15) is 34.2 Å². The Morgan fingerprint density at radius 3 is 1.71 bits per heavy atom. The van der Waals surface area contributed by atoms with E-state index < -0.39 is 66.2 Å². The maximum atomic E-state index is 12.9. The lowest BCUT2D eigenvalue weighted by molar-refractivity contribution is -0.144. The van der Waals surface area contributed by atoms with Crippen LogP contribution in [-0.2, 0) is 24.0 Å². The van der Waals surface area contributed by atoms with E-state index in [-0.39, 0.29) is 6.42 Å². The molecule has 0 aromatic rings. The summed E-state index contributed by atoms with van der Waals surface area (Å²) in [5.41, 5.74) is 16.8. The monoisotopic (exact) mass is 488 g/mol. The summed E-state index contributed by atoms with van der Waals surface area (Å²) < 4.78 is 0. The van der Waals surface area contributed by atoms with Crippen LogP contribution in [0, 0.1) is 5.92 Å². The SMILES string of the molecule is CC(C)C(NC(=O)C(CC(=O)O)NC(=O)C(CCCCN)NC(=O)C(N)CCCCN)C(=O)O. The van der Waals surface area contributed by atoms with Crippen molar-refractivity contribution in [2.24, 2.45) is 23.1 Å². The summed E-state index contributed by atoms with van der Waals surface area (Å²) in [6.07, 6.45) is 2.19. The zero-order chi connectivity index (χ0) is 26.3. The van der Waals surface area contributed by atoms with Gasteiger partial charge < -0.3 is 43.4 Å². The van der Waals surface area contributed by atoms with Gasteiger partial charge in [0.15, 0.2) is 0 Å². The lowest BCUT2D eigenvalue weighted by atomic mass is 10.0. The number of amides is 3. The standard InChI is InChI=1S/C21H40N6O7/c1-12(2)17(21(33)34)27-20(32)15(11-16(28)29)26-19(31)14(8-4-6-10-23)25-18(30)13(24)7-3-5-9-22/h12-15,17H,3-11,22-24H2,1-2H3,(H,25,30)(H,26,31)(H,27,32)(H,28,29)(H,33,34). The van der Waals surface area contributed by atoms with Gasteiger partial charge in [0.25, 0.3) is 0 Å². The highest BCUT2D eigenvalue weighted by molar-refractivity contribution is 5.95. The molecule has 0 bridgehead atoms. The summed E-state index contributed by atoms with van der Waals surface area (Å²) in [4.78, 5) is 60.6. The van der Waals surface area contributed by atoms with Gasteiger partial charge in [-0.25, -0.2) is 4.79 Å². The molecule has 0 aliphatic rings. The molecule has 0 spiro atoms. The lowest BCUT2D eigenvalue weighted by Gasteiger charge is -2.25.